The highest BCUT2D eigenvalue weighted by atomic mass is 79.9. The van der Waals surface area contributed by atoms with Crippen molar-refractivity contribution in [3.63, 3.8) is 0 Å². The van der Waals surface area contributed by atoms with Crippen LogP contribution < -0.4 is 0 Å². The van der Waals surface area contributed by atoms with Gasteiger partial charge in [-0.15, -0.1) is 10.2 Å². The molecule has 0 aliphatic carbocycles. The van der Waals surface area contributed by atoms with Crippen molar-refractivity contribution in [3.05, 3.63) is 21.4 Å². The second-order valence-electron chi connectivity index (χ2n) is 5.13. The lowest BCUT2D eigenvalue weighted by Crippen LogP contribution is -2.24. The van der Waals surface area contributed by atoms with Crippen LogP contribution in [0.5, 0.6) is 0 Å². The van der Waals surface area contributed by atoms with Crippen molar-refractivity contribution >= 4 is 44.5 Å². The summed E-state index contributed by atoms with van der Waals surface area (Å²) in [6.45, 7) is 5.44. The lowest BCUT2D eigenvalue weighted by molar-refractivity contribution is 0.00702. The van der Waals surface area contributed by atoms with Crippen LogP contribution in [-0.2, 0) is 11.8 Å². The number of hydrogen-bond donors (Lipinski definition) is 0. The largest absolute Gasteiger partial charge is 0.456 e. The van der Waals surface area contributed by atoms with Crippen molar-refractivity contribution in [3.8, 4) is 0 Å². The standard InChI is InChI=1S/C12H13BrClN3O2/c1-12(2,3)19-11(18)8-9-6(17(4)10(8)13)5-7(14)15-16-9/h5H,1-4H3. The molecule has 0 amide bonds. The molecule has 0 N–H and O–H groups in total. The predicted molar refractivity (Wildman–Crippen MR) is 76.4 cm³/mol. The number of aromatic nitrogens is 3. The zero-order chi connectivity index (χ0) is 14.4. The van der Waals surface area contributed by atoms with E-state index in [1.54, 1.807) is 17.7 Å². The minimum atomic E-state index is -0.571. The first-order chi connectivity index (χ1) is 8.70. The fourth-order valence-electron chi connectivity index (χ4n) is 1.67. The first-order valence-electron chi connectivity index (χ1n) is 5.61. The third-order valence-electron chi connectivity index (χ3n) is 2.45. The minimum absolute atomic E-state index is 0.274. The summed E-state index contributed by atoms with van der Waals surface area (Å²) in [6.07, 6.45) is 0. The summed E-state index contributed by atoms with van der Waals surface area (Å²) < 4.78 is 7.74. The zero-order valence-corrected chi connectivity index (χ0v) is 13.3. The van der Waals surface area contributed by atoms with Gasteiger partial charge >= 0.3 is 5.97 Å². The summed E-state index contributed by atoms with van der Waals surface area (Å²) in [5, 5.41) is 8.03. The SMILES string of the molecule is Cn1c(Br)c(C(=O)OC(C)(C)C)c2nnc(Cl)cc21. The van der Waals surface area contributed by atoms with Gasteiger partial charge in [0.05, 0.1) is 5.52 Å². The summed E-state index contributed by atoms with van der Waals surface area (Å²) in [5.41, 5.74) is 0.968. The molecule has 19 heavy (non-hydrogen) atoms. The molecule has 2 rings (SSSR count). The molecule has 7 heteroatoms. The molecule has 0 saturated carbocycles. The molecule has 2 aromatic heterocycles. The molecule has 0 unspecified atom stereocenters. The van der Waals surface area contributed by atoms with E-state index in [1.807, 2.05) is 20.8 Å². The molecular formula is C12H13BrClN3O2. The average molecular weight is 347 g/mol. The Kier molecular flexibility index (Phi) is 3.57. The second kappa shape index (κ2) is 4.76. The number of rotatable bonds is 1. The summed E-state index contributed by atoms with van der Waals surface area (Å²) in [7, 11) is 1.80. The number of esters is 1. The summed E-state index contributed by atoms with van der Waals surface area (Å²) in [4.78, 5) is 12.2. The Hall–Kier alpha value is -1.14. The van der Waals surface area contributed by atoms with E-state index >= 15 is 0 Å². The Balaban J connectivity index is 2.61. The lowest BCUT2D eigenvalue weighted by atomic mass is 10.2. The van der Waals surface area contributed by atoms with Gasteiger partial charge in [0.15, 0.2) is 5.15 Å². The molecule has 0 radical (unpaired) electrons. The Morgan fingerprint density at radius 2 is 2.05 bits per heavy atom. The highest BCUT2D eigenvalue weighted by molar-refractivity contribution is 9.10. The van der Waals surface area contributed by atoms with Gasteiger partial charge < -0.3 is 9.30 Å². The molecule has 0 atom stereocenters. The summed E-state index contributed by atoms with van der Waals surface area (Å²) in [5.74, 6) is -0.443. The normalized spacial score (nSPS) is 11.9. The van der Waals surface area contributed by atoms with Crippen LogP contribution in [0, 0.1) is 0 Å². The maximum atomic E-state index is 12.2. The van der Waals surface area contributed by atoms with Gasteiger partial charge in [-0.05, 0) is 36.7 Å². The molecule has 0 aromatic carbocycles. The van der Waals surface area contributed by atoms with E-state index in [0.717, 1.165) is 0 Å². The van der Waals surface area contributed by atoms with Gasteiger partial charge in [-0.25, -0.2) is 4.79 Å². The first kappa shape index (κ1) is 14.3. The Morgan fingerprint density at radius 3 is 2.63 bits per heavy atom. The molecule has 2 aromatic rings. The van der Waals surface area contributed by atoms with E-state index in [4.69, 9.17) is 16.3 Å². The fraction of sp³-hybridized carbons (Fsp3) is 0.417. The van der Waals surface area contributed by atoms with Crippen molar-refractivity contribution in [1.29, 1.82) is 0 Å². The summed E-state index contributed by atoms with van der Waals surface area (Å²) >= 11 is 9.20. The Morgan fingerprint density at radius 1 is 1.42 bits per heavy atom. The monoisotopic (exact) mass is 345 g/mol. The van der Waals surface area contributed by atoms with Gasteiger partial charge in [0, 0.05) is 13.1 Å². The minimum Gasteiger partial charge on any atom is -0.456 e. The van der Waals surface area contributed by atoms with Crippen LogP contribution in [0.25, 0.3) is 11.0 Å². The number of carbonyl (C=O) groups excluding carboxylic acids is 1. The molecule has 0 spiro atoms. The molecule has 2 heterocycles. The number of hydrogen-bond acceptors (Lipinski definition) is 4. The van der Waals surface area contributed by atoms with Gasteiger partial charge in [0.2, 0.25) is 0 Å². The van der Waals surface area contributed by atoms with Crippen molar-refractivity contribution in [1.82, 2.24) is 14.8 Å². The van der Waals surface area contributed by atoms with Crippen LogP contribution in [0.3, 0.4) is 0 Å². The molecule has 0 fully saturated rings. The molecule has 0 aliphatic rings. The van der Waals surface area contributed by atoms with E-state index in [9.17, 15) is 4.79 Å². The first-order valence-corrected chi connectivity index (χ1v) is 6.78. The molecule has 0 saturated heterocycles. The van der Waals surface area contributed by atoms with E-state index in [2.05, 4.69) is 26.1 Å². The third-order valence-corrected chi connectivity index (χ3v) is 3.56. The van der Waals surface area contributed by atoms with Crippen LogP contribution >= 0.6 is 27.5 Å². The highest BCUT2D eigenvalue weighted by Crippen LogP contribution is 2.30. The summed E-state index contributed by atoms with van der Waals surface area (Å²) in [6, 6.07) is 1.66. The van der Waals surface area contributed by atoms with Gasteiger partial charge in [0.25, 0.3) is 0 Å². The van der Waals surface area contributed by atoms with Crippen molar-refractivity contribution in [2.75, 3.05) is 0 Å². The Labute approximate surface area is 124 Å². The quantitative estimate of drug-likeness (QED) is 0.743. The number of ether oxygens (including phenoxy) is 1. The molecular weight excluding hydrogens is 334 g/mol. The van der Waals surface area contributed by atoms with Gasteiger partial charge in [-0.3, -0.25) is 0 Å². The topological polar surface area (TPSA) is 57.0 Å². The lowest BCUT2D eigenvalue weighted by Gasteiger charge is -2.19. The molecule has 0 aliphatic heterocycles. The number of halogens is 2. The predicted octanol–water partition coefficient (Wildman–Crippen LogP) is 3.34. The Bertz CT molecular complexity index is 661. The highest BCUT2D eigenvalue weighted by Gasteiger charge is 2.26. The van der Waals surface area contributed by atoms with Crippen LogP contribution in [-0.4, -0.2) is 26.3 Å². The third kappa shape index (κ3) is 2.74. The van der Waals surface area contributed by atoms with Crippen LogP contribution in [0.4, 0.5) is 0 Å². The molecule has 102 valence electrons. The number of aryl methyl sites for hydroxylation is 1. The maximum Gasteiger partial charge on any atom is 0.343 e. The second-order valence-corrected chi connectivity index (χ2v) is 6.27. The molecule has 0 bridgehead atoms. The average Bonchev–Trinajstić information content (AvgIpc) is 2.50. The number of fused-ring (bicyclic) bond motifs is 1. The van der Waals surface area contributed by atoms with E-state index in [0.29, 0.717) is 21.2 Å². The van der Waals surface area contributed by atoms with Gasteiger partial charge in [-0.1, -0.05) is 11.6 Å². The van der Waals surface area contributed by atoms with E-state index < -0.39 is 11.6 Å². The van der Waals surface area contributed by atoms with Crippen LogP contribution in [0.15, 0.2) is 10.7 Å². The van der Waals surface area contributed by atoms with E-state index in [-0.39, 0.29) is 5.15 Å². The van der Waals surface area contributed by atoms with Gasteiger partial charge in [-0.2, -0.15) is 0 Å². The zero-order valence-electron chi connectivity index (χ0n) is 11.0. The van der Waals surface area contributed by atoms with Crippen molar-refractivity contribution < 1.29 is 9.53 Å². The molecule has 5 nitrogen and oxygen atoms in total. The number of nitrogens with zero attached hydrogens (tertiary/aromatic N) is 3. The van der Waals surface area contributed by atoms with Crippen molar-refractivity contribution in [2.24, 2.45) is 7.05 Å². The maximum absolute atomic E-state index is 12.2. The number of carbonyl (C=O) groups is 1. The van der Waals surface area contributed by atoms with Gasteiger partial charge in [0.1, 0.15) is 21.3 Å². The van der Waals surface area contributed by atoms with Crippen LogP contribution in [0.2, 0.25) is 5.15 Å². The van der Waals surface area contributed by atoms with E-state index in [1.165, 1.54) is 0 Å². The van der Waals surface area contributed by atoms with Crippen molar-refractivity contribution in [2.45, 2.75) is 26.4 Å². The fourth-order valence-corrected chi connectivity index (χ4v) is 2.36. The smallest absolute Gasteiger partial charge is 0.343 e. The van der Waals surface area contributed by atoms with Crippen LogP contribution in [0.1, 0.15) is 31.1 Å².